The average Bonchev–Trinajstić information content (AvgIpc) is 2.64. The first-order valence-corrected chi connectivity index (χ1v) is 8.22. The number of aryl methyl sites for hydroxylation is 1. The number of hydrogen-bond acceptors (Lipinski definition) is 4. The van der Waals surface area contributed by atoms with Crippen molar-refractivity contribution in [3.63, 3.8) is 0 Å². The van der Waals surface area contributed by atoms with Crippen LogP contribution in [0.25, 0.3) is 11.3 Å². The fourth-order valence-corrected chi connectivity index (χ4v) is 2.68. The lowest BCUT2D eigenvalue weighted by atomic mass is 10.1. The average molecular weight is 373 g/mol. The van der Waals surface area contributed by atoms with Crippen molar-refractivity contribution in [2.45, 2.75) is 20.0 Å². The van der Waals surface area contributed by atoms with Crippen molar-refractivity contribution in [3.8, 4) is 17.0 Å². The molecule has 3 aromatic rings. The highest BCUT2D eigenvalue weighted by molar-refractivity contribution is 5.72. The van der Waals surface area contributed by atoms with Crippen LogP contribution in [-0.2, 0) is 6.18 Å². The van der Waals surface area contributed by atoms with Gasteiger partial charge in [0.1, 0.15) is 17.4 Å². The van der Waals surface area contributed by atoms with E-state index in [0.717, 1.165) is 29.0 Å². The lowest BCUT2D eigenvalue weighted by Gasteiger charge is -2.14. The Morgan fingerprint density at radius 1 is 0.963 bits per heavy atom. The summed E-state index contributed by atoms with van der Waals surface area (Å²) in [6.45, 7) is 3.63. The van der Waals surface area contributed by atoms with Crippen molar-refractivity contribution in [3.05, 3.63) is 65.5 Å². The minimum atomic E-state index is -4.36. The van der Waals surface area contributed by atoms with Crippen LogP contribution in [0, 0.1) is 13.8 Å². The topological polar surface area (TPSA) is 47.0 Å². The smallest absolute Gasteiger partial charge is 0.416 e. The fraction of sp³-hybridized carbons (Fsp3) is 0.200. The van der Waals surface area contributed by atoms with Gasteiger partial charge in [-0.25, -0.2) is 9.97 Å². The molecule has 7 heteroatoms. The number of methoxy groups -OCH3 is 1. The van der Waals surface area contributed by atoms with Gasteiger partial charge in [0, 0.05) is 16.8 Å². The van der Waals surface area contributed by atoms with E-state index in [4.69, 9.17) is 4.74 Å². The summed E-state index contributed by atoms with van der Waals surface area (Å²) in [5.41, 5.74) is 2.21. The number of rotatable bonds is 4. The normalized spacial score (nSPS) is 11.3. The molecule has 0 fully saturated rings. The lowest BCUT2D eigenvalue weighted by Crippen LogP contribution is -2.06. The molecule has 0 aliphatic heterocycles. The Morgan fingerprint density at radius 2 is 1.67 bits per heavy atom. The van der Waals surface area contributed by atoms with Crippen molar-refractivity contribution in [2.75, 3.05) is 12.4 Å². The zero-order valence-electron chi connectivity index (χ0n) is 15.1. The molecule has 4 nitrogen and oxygen atoms in total. The number of aromatic nitrogens is 2. The molecular formula is C20H18F3N3O. The van der Waals surface area contributed by atoms with Gasteiger partial charge in [-0.05, 0) is 50.2 Å². The van der Waals surface area contributed by atoms with E-state index in [1.54, 1.807) is 14.0 Å². The maximum absolute atomic E-state index is 12.7. The Labute approximate surface area is 155 Å². The third-order valence-electron chi connectivity index (χ3n) is 4.08. The van der Waals surface area contributed by atoms with Crippen LogP contribution < -0.4 is 10.1 Å². The van der Waals surface area contributed by atoms with Crippen molar-refractivity contribution in [1.82, 2.24) is 9.97 Å². The molecule has 0 radical (unpaired) electrons. The van der Waals surface area contributed by atoms with E-state index in [0.29, 0.717) is 23.1 Å². The number of ether oxygens (including phenoxy) is 1. The summed E-state index contributed by atoms with van der Waals surface area (Å²) >= 11 is 0. The molecule has 0 saturated carbocycles. The summed E-state index contributed by atoms with van der Waals surface area (Å²) in [5.74, 6) is 1.80. The van der Waals surface area contributed by atoms with Crippen molar-refractivity contribution in [2.24, 2.45) is 0 Å². The summed E-state index contributed by atoms with van der Waals surface area (Å²) in [6.07, 6.45) is -4.36. The van der Waals surface area contributed by atoms with E-state index in [9.17, 15) is 13.2 Å². The largest absolute Gasteiger partial charge is 0.497 e. The zero-order chi connectivity index (χ0) is 19.6. The standard InChI is InChI=1S/C20H18F3N3O/c1-12-18(14-5-4-6-17(11-14)27-3)24-13(2)25-19(12)26-16-9-7-15(8-10-16)20(21,22)23/h4-11H,1-3H3,(H,24,25,26). The number of hydrogen-bond donors (Lipinski definition) is 1. The Balaban J connectivity index is 1.96. The van der Waals surface area contributed by atoms with Crippen LogP contribution in [0.4, 0.5) is 24.7 Å². The van der Waals surface area contributed by atoms with E-state index in [1.165, 1.54) is 12.1 Å². The van der Waals surface area contributed by atoms with E-state index in [2.05, 4.69) is 15.3 Å². The Hall–Kier alpha value is -3.09. The van der Waals surface area contributed by atoms with Gasteiger partial charge in [-0.2, -0.15) is 13.2 Å². The minimum absolute atomic E-state index is 0.515. The molecular weight excluding hydrogens is 355 g/mol. The molecule has 140 valence electrons. The van der Waals surface area contributed by atoms with Crippen LogP contribution in [0.3, 0.4) is 0 Å². The predicted molar refractivity (Wildman–Crippen MR) is 98.2 cm³/mol. The summed E-state index contributed by atoms with van der Waals surface area (Å²) in [4.78, 5) is 8.90. The third-order valence-corrected chi connectivity index (χ3v) is 4.08. The predicted octanol–water partition coefficient (Wildman–Crippen LogP) is 5.53. The second kappa shape index (κ2) is 7.26. The first-order chi connectivity index (χ1) is 12.8. The first-order valence-electron chi connectivity index (χ1n) is 8.22. The van der Waals surface area contributed by atoms with E-state index < -0.39 is 11.7 Å². The molecule has 0 aliphatic carbocycles. The van der Waals surface area contributed by atoms with Gasteiger partial charge in [-0.3, -0.25) is 0 Å². The molecule has 2 aromatic carbocycles. The monoisotopic (exact) mass is 373 g/mol. The van der Waals surface area contributed by atoms with E-state index in [-0.39, 0.29) is 0 Å². The van der Waals surface area contributed by atoms with E-state index >= 15 is 0 Å². The van der Waals surface area contributed by atoms with Crippen molar-refractivity contribution < 1.29 is 17.9 Å². The van der Waals surface area contributed by atoms with Gasteiger partial charge in [-0.15, -0.1) is 0 Å². The van der Waals surface area contributed by atoms with Crippen LogP contribution in [-0.4, -0.2) is 17.1 Å². The third kappa shape index (κ3) is 4.19. The summed E-state index contributed by atoms with van der Waals surface area (Å²) in [6, 6.07) is 12.3. The SMILES string of the molecule is COc1cccc(-c2nc(C)nc(Nc3ccc(C(F)(F)F)cc3)c2C)c1. The number of nitrogens with one attached hydrogen (secondary N) is 1. The van der Waals surface area contributed by atoms with Gasteiger partial charge in [0.05, 0.1) is 18.4 Å². The number of benzene rings is 2. The maximum atomic E-state index is 12.7. The molecule has 0 spiro atoms. The number of anilines is 2. The Kier molecular flexibility index (Phi) is 5.03. The molecule has 27 heavy (non-hydrogen) atoms. The number of halogens is 3. The molecule has 1 aromatic heterocycles. The first kappa shape index (κ1) is 18.7. The molecule has 0 bridgehead atoms. The van der Waals surface area contributed by atoms with Gasteiger partial charge in [0.25, 0.3) is 0 Å². The molecule has 3 rings (SSSR count). The molecule has 0 unspecified atom stereocenters. The molecule has 0 amide bonds. The molecule has 1 N–H and O–H groups in total. The van der Waals surface area contributed by atoms with Gasteiger partial charge in [0.2, 0.25) is 0 Å². The maximum Gasteiger partial charge on any atom is 0.416 e. The van der Waals surface area contributed by atoms with Crippen LogP contribution in [0.2, 0.25) is 0 Å². The van der Waals surface area contributed by atoms with Gasteiger partial charge in [-0.1, -0.05) is 12.1 Å². The summed E-state index contributed by atoms with van der Waals surface area (Å²) < 4.78 is 43.4. The minimum Gasteiger partial charge on any atom is -0.497 e. The molecule has 0 saturated heterocycles. The molecule has 1 heterocycles. The zero-order valence-corrected chi connectivity index (χ0v) is 15.1. The van der Waals surface area contributed by atoms with Crippen molar-refractivity contribution in [1.29, 1.82) is 0 Å². The Morgan fingerprint density at radius 3 is 2.30 bits per heavy atom. The number of alkyl halides is 3. The molecule has 0 atom stereocenters. The van der Waals surface area contributed by atoms with Gasteiger partial charge in [0.15, 0.2) is 0 Å². The highest BCUT2D eigenvalue weighted by Crippen LogP contribution is 2.32. The van der Waals surface area contributed by atoms with Crippen molar-refractivity contribution >= 4 is 11.5 Å². The van der Waals surface area contributed by atoms with E-state index in [1.807, 2.05) is 31.2 Å². The summed E-state index contributed by atoms with van der Waals surface area (Å²) in [7, 11) is 1.59. The Bertz CT molecular complexity index is 954. The van der Waals surface area contributed by atoms with Gasteiger partial charge < -0.3 is 10.1 Å². The van der Waals surface area contributed by atoms with Crippen LogP contribution in [0.1, 0.15) is 17.0 Å². The van der Waals surface area contributed by atoms with Crippen LogP contribution >= 0.6 is 0 Å². The second-order valence-corrected chi connectivity index (χ2v) is 6.03. The lowest BCUT2D eigenvalue weighted by molar-refractivity contribution is -0.137. The highest BCUT2D eigenvalue weighted by atomic mass is 19.4. The van der Waals surface area contributed by atoms with Crippen LogP contribution in [0.15, 0.2) is 48.5 Å². The number of nitrogens with zero attached hydrogens (tertiary/aromatic N) is 2. The molecule has 0 aliphatic rings. The van der Waals surface area contributed by atoms with Crippen LogP contribution in [0.5, 0.6) is 5.75 Å². The second-order valence-electron chi connectivity index (χ2n) is 6.03. The summed E-state index contributed by atoms with van der Waals surface area (Å²) in [5, 5.41) is 3.08. The van der Waals surface area contributed by atoms with Gasteiger partial charge >= 0.3 is 6.18 Å². The fourth-order valence-electron chi connectivity index (χ4n) is 2.68. The highest BCUT2D eigenvalue weighted by Gasteiger charge is 2.30. The quantitative estimate of drug-likeness (QED) is 0.653.